The third kappa shape index (κ3) is 2.12. The normalized spacial score (nSPS) is 31.9. The van der Waals surface area contributed by atoms with E-state index in [0.717, 1.165) is 32.4 Å². The number of nitrogens with one attached hydrogen (secondary N) is 2. The van der Waals surface area contributed by atoms with Gasteiger partial charge in [-0.1, -0.05) is 0 Å². The number of carbonyl (C=O) groups is 2. The van der Waals surface area contributed by atoms with Gasteiger partial charge < -0.3 is 10.2 Å². The first-order chi connectivity index (χ1) is 7.18. The molecule has 0 aliphatic carbocycles. The van der Waals surface area contributed by atoms with Gasteiger partial charge in [-0.15, -0.1) is 0 Å². The van der Waals surface area contributed by atoms with E-state index < -0.39 is 0 Å². The minimum Gasteiger partial charge on any atom is -0.355 e. The molecule has 2 atom stereocenters. The molecule has 2 unspecified atom stereocenters. The number of rotatable bonds is 2. The number of hydrogen-bond donors (Lipinski definition) is 2. The summed E-state index contributed by atoms with van der Waals surface area (Å²) >= 11 is 0. The van der Waals surface area contributed by atoms with E-state index in [2.05, 4.69) is 10.6 Å². The Morgan fingerprint density at radius 1 is 1.33 bits per heavy atom. The lowest BCUT2D eigenvalue weighted by atomic mass is 10.1. The van der Waals surface area contributed by atoms with Gasteiger partial charge in [-0.3, -0.25) is 14.9 Å². The lowest BCUT2D eigenvalue weighted by molar-refractivity contribution is -0.129. The van der Waals surface area contributed by atoms with Gasteiger partial charge in [0, 0.05) is 20.1 Å². The second kappa shape index (κ2) is 4.18. The molecule has 5 nitrogen and oxygen atoms in total. The van der Waals surface area contributed by atoms with Crippen molar-refractivity contribution in [1.29, 1.82) is 0 Å². The quantitative estimate of drug-likeness (QED) is 0.621. The zero-order valence-corrected chi connectivity index (χ0v) is 8.95. The Morgan fingerprint density at radius 3 is 2.73 bits per heavy atom. The van der Waals surface area contributed by atoms with Crippen LogP contribution in [0.2, 0.25) is 0 Å². The summed E-state index contributed by atoms with van der Waals surface area (Å²) in [5.41, 5.74) is 0. The van der Waals surface area contributed by atoms with Gasteiger partial charge in [0.1, 0.15) is 0 Å². The highest BCUT2D eigenvalue weighted by atomic mass is 16.2. The van der Waals surface area contributed by atoms with Gasteiger partial charge >= 0.3 is 0 Å². The number of amides is 2. The highest BCUT2D eigenvalue weighted by Crippen LogP contribution is 2.12. The van der Waals surface area contributed by atoms with E-state index in [9.17, 15) is 9.59 Å². The second-order valence-corrected chi connectivity index (χ2v) is 4.25. The fourth-order valence-electron chi connectivity index (χ4n) is 2.15. The number of piperidine rings is 1. The Hall–Kier alpha value is -1.10. The van der Waals surface area contributed by atoms with Crippen LogP contribution in [0.4, 0.5) is 0 Å². The van der Waals surface area contributed by atoms with Gasteiger partial charge in [-0.25, -0.2) is 0 Å². The van der Waals surface area contributed by atoms with E-state index in [1.165, 1.54) is 0 Å². The number of likely N-dealkylation sites (N-methyl/N-ethyl adjacent to an activating group) is 1. The second-order valence-electron chi connectivity index (χ2n) is 4.25. The van der Waals surface area contributed by atoms with Crippen LogP contribution in [0.25, 0.3) is 0 Å². The van der Waals surface area contributed by atoms with Crippen LogP contribution in [0.5, 0.6) is 0 Å². The average Bonchev–Trinajstić information content (AvgIpc) is 2.53. The summed E-state index contributed by atoms with van der Waals surface area (Å²) in [7, 11) is 1.80. The predicted octanol–water partition coefficient (Wildman–Crippen LogP) is -0.915. The third-order valence-electron chi connectivity index (χ3n) is 3.12. The van der Waals surface area contributed by atoms with Crippen molar-refractivity contribution in [2.45, 2.75) is 31.3 Å². The van der Waals surface area contributed by atoms with Crippen LogP contribution in [-0.4, -0.2) is 48.9 Å². The third-order valence-corrected chi connectivity index (χ3v) is 3.12. The highest BCUT2D eigenvalue weighted by molar-refractivity contribution is 5.86. The monoisotopic (exact) mass is 211 g/mol. The van der Waals surface area contributed by atoms with Gasteiger partial charge in [0.2, 0.25) is 11.8 Å². The Bertz CT molecular complexity index is 278. The molecule has 2 aliphatic heterocycles. The van der Waals surface area contributed by atoms with E-state index in [1.807, 2.05) is 0 Å². The molecule has 0 saturated carbocycles. The molecule has 2 aliphatic rings. The Morgan fingerprint density at radius 2 is 2.13 bits per heavy atom. The lowest BCUT2D eigenvalue weighted by Gasteiger charge is -2.25. The van der Waals surface area contributed by atoms with E-state index >= 15 is 0 Å². The Kier molecular flexibility index (Phi) is 2.90. The van der Waals surface area contributed by atoms with Crippen LogP contribution < -0.4 is 10.6 Å². The molecule has 0 aromatic carbocycles. The zero-order valence-electron chi connectivity index (χ0n) is 8.95. The zero-order chi connectivity index (χ0) is 10.8. The fraction of sp³-hybridized carbons (Fsp3) is 0.800. The molecule has 2 rings (SSSR count). The van der Waals surface area contributed by atoms with Gasteiger partial charge in [0.15, 0.2) is 0 Å². The largest absolute Gasteiger partial charge is 0.355 e. The summed E-state index contributed by atoms with van der Waals surface area (Å²) in [5, 5.41) is 5.95. The van der Waals surface area contributed by atoms with Crippen LogP contribution in [-0.2, 0) is 9.59 Å². The summed E-state index contributed by atoms with van der Waals surface area (Å²) in [5.74, 6) is 0.136. The van der Waals surface area contributed by atoms with Crippen molar-refractivity contribution >= 4 is 11.8 Å². The van der Waals surface area contributed by atoms with Crippen LogP contribution in [0.1, 0.15) is 19.3 Å². The van der Waals surface area contributed by atoms with Crippen LogP contribution in [0.15, 0.2) is 0 Å². The first-order valence-corrected chi connectivity index (χ1v) is 5.47. The molecule has 15 heavy (non-hydrogen) atoms. The molecule has 84 valence electrons. The molecule has 0 aromatic heterocycles. The summed E-state index contributed by atoms with van der Waals surface area (Å²) in [6, 6.07) is -0.344. The molecule has 0 radical (unpaired) electrons. The van der Waals surface area contributed by atoms with Crippen LogP contribution in [0.3, 0.4) is 0 Å². The van der Waals surface area contributed by atoms with E-state index in [0.29, 0.717) is 0 Å². The van der Waals surface area contributed by atoms with Crippen molar-refractivity contribution in [2.75, 3.05) is 20.1 Å². The molecule has 2 heterocycles. The summed E-state index contributed by atoms with van der Waals surface area (Å²) in [4.78, 5) is 24.8. The SMILES string of the molecule is CN1CCC(NC2CCCNC2=O)C1=O. The summed E-state index contributed by atoms with van der Waals surface area (Å²) in [6.07, 6.45) is 2.62. The van der Waals surface area contributed by atoms with Gasteiger partial charge in [0.05, 0.1) is 12.1 Å². The van der Waals surface area contributed by atoms with Crippen molar-refractivity contribution in [3.05, 3.63) is 0 Å². The summed E-state index contributed by atoms with van der Waals surface area (Å²) in [6.45, 7) is 1.54. The first kappa shape index (κ1) is 10.4. The maximum absolute atomic E-state index is 11.6. The number of carbonyl (C=O) groups excluding carboxylic acids is 2. The number of nitrogens with zero attached hydrogens (tertiary/aromatic N) is 1. The first-order valence-electron chi connectivity index (χ1n) is 5.47. The summed E-state index contributed by atoms with van der Waals surface area (Å²) < 4.78 is 0. The molecule has 0 spiro atoms. The molecule has 2 N–H and O–H groups in total. The smallest absolute Gasteiger partial charge is 0.239 e. The number of likely N-dealkylation sites (tertiary alicyclic amines) is 1. The highest BCUT2D eigenvalue weighted by Gasteiger charge is 2.33. The molecule has 0 bridgehead atoms. The maximum Gasteiger partial charge on any atom is 0.239 e. The standard InChI is InChI=1S/C10H17N3O2/c1-13-6-4-8(10(13)15)12-7-3-2-5-11-9(7)14/h7-8,12H,2-6H2,1H3,(H,11,14). The molecule has 0 aromatic rings. The van der Waals surface area contributed by atoms with Gasteiger partial charge in [-0.2, -0.15) is 0 Å². The van der Waals surface area contributed by atoms with Crippen molar-refractivity contribution < 1.29 is 9.59 Å². The lowest BCUT2D eigenvalue weighted by Crippen LogP contribution is -2.53. The maximum atomic E-state index is 11.6. The topological polar surface area (TPSA) is 61.4 Å². The molecule has 2 saturated heterocycles. The van der Waals surface area contributed by atoms with Gasteiger partial charge in [0.25, 0.3) is 0 Å². The average molecular weight is 211 g/mol. The number of hydrogen-bond acceptors (Lipinski definition) is 3. The van der Waals surface area contributed by atoms with E-state index in [-0.39, 0.29) is 23.9 Å². The van der Waals surface area contributed by atoms with Crippen molar-refractivity contribution in [3.63, 3.8) is 0 Å². The Balaban J connectivity index is 1.91. The van der Waals surface area contributed by atoms with Crippen molar-refractivity contribution in [2.24, 2.45) is 0 Å². The molecule has 5 heteroatoms. The molecule has 2 amide bonds. The van der Waals surface area contributed by atoms with Gasteiger partial charge in [-0.05, 0) is 19.3 Å². The molecule has 2 fully saturated rings. The van der Waals surface area contributed by atoms with Crippen LogP contribution in [0, 0.1) is 0 Å². The predicted molar refractivity (Wildman–Crippen MR) is 55.2 cm³/mol. The van der Waals surface area contributed by atoms with Crippen molar-refractivity contribution in [1.82, 2.24) is 15.5 Å². The Labute approximate surface area is 89.2 Å². The van der Waals surface area contributed by atoms with E-state index in [4.69, 9.17) is 0 Å². The van der Waals surface area contributed by atoms with Crippen molar-refractivity contribution in [3.8, 4) is 0 Å². The van der Waals surface area contributed by atoms with Crippen LogP contribution >= 0.6 is 0 Å². The minimum atomic E-state index is -0.181. The molecular formula is C10H17N3O2. The van der Waals surface area contributed by atoms with E-state index in [1.54, 1.807) is 11.9 Å². The fourth-order valence-corrected chi connectivity index (χ4v) is 2.15. The molecular weight excluding hydrogens is 194 g/mol. The minimum absolute atomic E-state index is 0.0311.